The van der Waals surface area contributed by atoms with Crippen LogP contribution < -0.4 is 14.8 Å². The predicted octanol–water partition coefficient (Wildman–Crippen LogP) is 2.22. The Morgan fingerprint density at radius 2 is 2.05 bits per heavy atom. The van der Waals surface area contributed by atoms with Crippen molar-refractivity contribution in [1.82, 2.24) is 5.32 Å². The molecule has 20 heavy (non-hydrogen) atoms. The maximum absolute atomic E-state index is 10.2. The van der Waals surface area contributed by atoms with Crippen molar-refractivity contribution in [2.75, 3.05) is 32.6 Å². The molecule has 4 nitrogen and oxygen atoms in total. The third kappa shape index (κ3) is 4.30. The fourth-order valence-electron chi connectivity index (χ4n) is 2.05. The van der Waals surface area contributed by atoms with Crippen molar-refractivity contribution in [2.45, 2.75) is 24.7 Å². The summed E-state index contributed by atoms with van der Waals surface area (Å²) in [5.41, 5.74) is 0.861. The Labute approximate surface area is 124 Å². The maximum Gasteiger partial charge on any atom is 0.161 e. The summed E-state index contributed by atoms with van der Waals surface area (Å²) < 4.78 is 11.0. The zero-order valence-corrected chi connectivity index (χ0v) is 12.9. The van der Waals surface area contributed by atoms with Crippen molar-refractivity contribution in [3.05, 3.63) is 23.8 Å². The highest BCUT2D eigenvalue weighted by atomic mass is 32.2. The molecule has 2 unspecified atom stereocenters. The number of benzene rings is 1. The number of hydrogen-bond donors (Lipinski definition) is 2. The van der Waals surface area contributed by atoms with Gasteiger partial charge in [-0.2, -0.15) is 11.8 Å². The summed E-state index contributed by atoms with van der Waals surface area (Å²) in [5.74, 6) is 1.48. The number of ether oxygens (including phenoxy) is 2. The fourth-order valence-corrected chi connectivity index (χ4v) is 2.40. The molecule has 1 aliphatic rings. The minimum absolute atomic E-state index is 0.518. The van der Waals surface area contributed by atoms with Crippen molar-refractivity contribution in [1.29, 1.82) is 0 Å². The number of nitrogens with one attached hydrogen (secondary N) is 1. The third-order valence-electron chi connectivity index (χ3n) is 3.42. The van der Waals surface area contributed by atoms with E-state index < -0.39 is 6.10 Å². The Hall–Kier alpha value is -0.910. The van der Waals surface area contributed by atoms with Crippen molar-refractivity contribution in [3.8, 4) is 11.5 Å². The number of aliphatic hydroxyl groups is 1. The van der Waals surface area contributed by atoms with Gasteiger partial charge in [-0.1, -0.05) is 13.0 Å². The van der Waals surface area contributed by atoms with E-state index in [1.807, 2.05) is 30.0 Å². The highest BCUT2D eigenvalue weighted by Gasteiger charge is 2.15. The summed E-state index contributed by atoms with van der Waals surface area (Å²) in [5, 5.41) is 14.1. The molecular formula is C15H23NO3S. The molecule has 0 fully saturated rings. The van der Waals surface area contributed by atoms with Crippen LogP contribution in [0.15, 0.2) is 18.2 Å². The number of rotatable bonds is 7. The molecule has 2 N–H and O–H groups in total. The molecule has 5 heteroatoms. The van der Waals surface area contributed by atoms with E-state index in [9.17, 15) is 5.11 Å². The minimum atomic E-state index is -0.518. The molecule has 0 radical (unpaired) electrons. The van der Waals surface area contributed by atoms with Gasteiger partial charge in [0.15, 0.2) is 11.5 Å². The second kappa shape index (κ2) is 7.76. The van der Waals surface area contributed by atoms with Crippen molar-refractivity contribution in [3.63, 3.8) is 0 Å². The summed E-state index contributed by atoms with van der Waals surface area (Å²) in [6.07, 6.45) is 2.71. The third-order valence-corrected chi connectivity index (χ3v) is 4.46. The molecule has 0 spiro atoms. The number of hydrogen-bond acceptors (Lipinski definition) is 5. The first-order valence-electron chi connectivity index (χ1n) is 7.02. The minimum Gasteiger partial charge on any atom is -0.486 e. The summed E-state index contributed by atoms with van der Waals surface area (Å²) >= 11 is 1.86. The summed E-state index contributed by atoms with van der Waals surface area (Å²) in [6, 6.07) is 5.62. The first-order valence-corrected chi connectivity index (χ1v) is 8.30. The van der Waals surface area contributed by atoms with Crippen molar-refractivity contribution in [2.24, 2.45) is 0 Å². The molecule has 2 rings (SSSR count). The van der Waals surface area contributed by atoms with E-state index in [-0.39, 0.29) is 0 Å². The summed E-state index contributed by atoms with van der Waals surface area (Å²) in [6.45, 7) is 4.84. The smallest absolute Gasteiger partial charge is 0.161 e. The molecule has 0 bridgehead atoms. The van der Waals surface area contributed by atoms with Gasteiger partial charge in [0, 0.05) is 11.8 Å². The van der Waals surface area contributed by atoms with E-state index in [2.05, 4.69) is 18.5 Å². The Balaban J connectivity index is 1.81. The van der Waals surface area contributed by atoms with Crippen LogP contribution >= 0.6 is 11.8 Å². The first kappa shape index (κ1) is 15.5. The lowest BCUT2D eigenvalue weighted by atomic mass is 10.1. The average molecular weight is 297 g/mol. The monoisotopic (exact) mass is 297 g/mol. The average Bonchev–Trinajstić information content (AvgIpc) is 2.50. The lowest BCUT2D eigenvalue weighted by Gasteiger charge is -2.20. The number of fused-ring (bicyclic) bond motifs is 1. The quantitative estimate of drug-likeness (QED) is 0.756. The molecule has 1 heterocycles. The predicted molar refractivity (Wildman–Crippen MR) is 82.9 cm³/mol. The van der Waals surface area contributed by atoms with Gasteiger partial charge in [-0.25, -0.2) is 0 Å². The molecular weight excluding hydrogens is 274 g/mol. The van der Waals surface area contributed by atoms with E-state index in [1.165, 1.54) is 0 Å². The second-order valence-corrected chi connectivity index (χ2v) is 6.23. The Morgan fingerprint density at radius 1 is 1.30 bits per heavy atom. The molecule has 2 atom stereocenters. The van der Waals surface area contributed by atoms with Gasteiger partial charge in [0.2, 0.25) is 0 Å². The fraction of sp³-hybridized carbons (Fsp3) is 0.600. The van der Waals surface area contributed by atoms with Crippen LogP contribution in [0.1, 0.15) is 25.0 Å². The zero-order chi connectivity index (χ0) is 14.4. The lowest BCUT2D eigenvalue weighted by molar-refractivity contribution is 0.163. The highest BCUT2D eigenvalue weighted by molar-refractivity contribution is 7.99. The number of aliphatic hydroxyl groups excluding tert-OH is 1. The van der Waals surface area contributed by atoms with Crippen LogP contribution in [0, 0.1) is 0 Å². The van der Waals surface area contributed by atoms with E-state index in [1.54, 1.807) is 0 Å². The Morgan fingerprint density at radius 3 is 2.80 bits per heavy atom. The molecule has 0 saturated heterocycles. The number of thioether (sulfide) groups is 1. The van der Waals surface area contributed by atoms with E-state index >= 15 is 0 Å². The maximum atomic E-state index is 10.2. The van der Waals surface area contributed by atoms with Crippen LogP contribution in [0.5, 0.6) is 11.5 Å². The molecule has 0 aliphatic carbocycles. The van der Waals surface area contributed by atoms with Gasteiger partial charge in [-0.3, -0.25) is 0 Å². The Kier molecular flexibility index (Phi) is 6.01. The van der Waals surface area contributed by atoms with Gasteiger partial charge in [-0.05, 0) is 36.9 Å². The van der Waals surface area contributed by atoms with Gasteiger partial charge in [0.25, 0.3) is 0 Å². The van der Waals surface area contributed by atoms with Gasteiger partial charge in [-0.15, -0.1) is 0 Å². The van der Waals surface area contributed by atoms with Crippen LogP contribution in [-0.4, -0.2) is 42.9 Å². The molecule has 1 aromatic carbocycles. The first-order chi connectivity index (χ1) is 9.70. The van der Waals surface area contributed by atoms with Crippen LogP contribution in [-0.2, 0) is 0 Å². The van der Waals surface area contributed by atoms with Crippen LogP contribution in [0.3, 0.4) is 0 Å². The summed E-state index contributed by atoms with van der Waals surface area (Å²) in [7, 11) is 0. The second-order valence-electron chi connectivity index (χ2n) is 4.96. The molecule has 1 aliphatic heterocycles. The molecule has 0 amide bonds. The van der Waals surface area contributed by atoms with Crippen LogP contribution in [0.25, 0.3) is 0 Å². The zero-order valence-electron chi connectivity index (χ0n) is 12.1. The summed E-state index contributed by atoms with van der Waals surface area (Å²) in [4.78, 5) is 0. The van der Waals surface area contributed by atoms with E-state index in [0.717, 1.165) is 30.0 Å². The van der Waals surface area contributed by atoms with E-state index in [0.29, 0.717) is 25.0 Å². The molecule has 112 valence electrons. The Bertz CT molecular complexity index is 428. The van der Waals surface area contributed by atoms with Gasteiger partial charge >= 0.3 is 0 Å². The van der Waals surface area contributed by atoms with Gasteiger partial charge < -0.3 is 19.9 Å². The van der Waals surface area contributed by atoms with Crippen molar-refractivity contribution < 1.29 is 14.6 Å². The SMILES string of the molecule is CSC(C)CCNCC(O)c1ccc2c(c1)OCCO2. The molecule has 0 aromatic heterocycles. The van der Waals surface area contributed by atoms with E-state index in [4.69, 9.17) is 9.47 Å². The van der Waals surface area contributed by atoms with Gasteiger partial charge in [0.1, 0.15) is 13.2 Å². The highest BCUT2D eigenvalue weighted by Crippen LogP contribution is 2.32. The standard InChI is InChI=1S/C15H23NO3S/c1-11(20-2)5-6-16-10-13(17)12-3-4-14-15(9-12)19-8-7-18-14/h3-4,9,11,13,16-17H,5-8,10H2,1-2H3. The largest absolute Gasteiger partial charge is 0.486 e. The van der Waals surface area contributed by atoms with Crippen LogP contribution in [0.2, 0.25) is 0 Å². The van der Waals surface area contributed by atoms with Crippen molar-refractivity contribution >= 4 is 11.8 Å². The van der Waals surface area contributed by atoms with Crippen LogP contribution in [0.4, 0.5) is 0 Å². The van der Waals surface area contributed by atoms with Gasteiger partial charge in [0.05, 0.1) is 6.10 Å². The normalized spacial score (nSPS) is 16.8. The molecule has 0 saturated carbocycles. The topological polar surface area (TPSA) is 50.7 Å². The lowest BCUT2D eigenvalue weighted by Crippen LogP contribution is -2.24. The molecule has 1 aromatic rings.